The number of rotatable bonds is 8. The Bertz CT molecular complexity index is 322. The van der Waals surface area contributed by atoms with Crippen LogP contribution in [0.3, 0.4) is 0 Å². The Hall–Kier alpha value is -0.650. The summed E-state index contributed by atoms with van der Waals surface area (Å²) in [6.07, 6.45) is 5.40. The monoisotopic (exact) mass is 311 g/mol. The van der Waals surface area contributed by atoms with Gasteiger partial charge in [-0.25, -0.2) is 0 Å². The zero-order chi connectivity index (χ0) is 15.8. The van der Waals surface area contributed by atoms with Gasteiger partial charge in [-0.15, -0.1) is 0 Å². The van der Waals surface area contributed by atoms with Crippen molar-refractivity contribution < 1.29 is 9.53 Å². The van der Waals surface area contributed by atoms with Crippen molar-refractivity contribution in [2.45, 2.75) is 58.1 Å². The molecule has 1 amide bonds. The average molecular weight is 311 g/mol. The number of hydrogen-bond donors (Lipinski definition) is 2. The molecule has 0 radical (unpaired) electrons. The van der Waals surface area contributed by atoms with Crippen molar-refractivity contribution in [3.63, 3.8) is 0 Å². The predicted octanol–water partition coefficient (Wildman–Crippen LogP) is 1.38. The van der Waals surface area contributed by atoms with Gasteiger partial charge in [-0.05, 0) is 58.5 Å². The van der Waals surface area contributed by atoms with Crippen molar-refractivity contribution in [3.8, 4) is 0 Å². The Kier molecular flexibility index (Phi) is 7.63. The van der Waals surface area contributed by atoms with Crippen LogP contribution in [0.15, 0.2) is 0 Å². The Labute approximate surface area is 135 Å². The number of amides is 1. The van der Waals surface area contributed by atoms with Crippen molar-refractivity contribution in [2.75, 3.05) is 39.3 Å². The molecule has 5 nitrogen and oxygen atoms in total. The van der Waals surface area contributed by atoms with Crippen LogP contribution >= 0.6 is 0 Å². The second kappa shape index (κ2) is 9.48. The number of piperidine rings is 1. The van der Waals surface area contributed by atoms with E-state index in [1.165, 1.54) is 6.42 Å². The summed E-state index contributed by atoms with van der Waals surface area (Å²) >= 11 is 0. The van der Waals surface area contributed by atoms with Crippen LogP contribution in [0.1, 0.15) is 46.0 Å². The van der Waals surface area contributed by atoms with E-state index >= 15 is 0 Å². The minimum atomic E-state index is 0.244. The lowest BCUT2D eigenvalue weighted by atomic mass is 10.0. The summed E-state index contributed by atoms with van der Waals surface area (Å²) in [5, 5.41) is 6.58. The Balaban J connectivity index is 1.53. The van der Waals surface area contributed by atoms with E-state index in [0.717, 1.165) is 58.6 Å². The fraction of sp³-hybridized carbons (Fsp3) is 0.941. The van der Waals surface area contributed by atoms with E-state index in [-0.39, 0.29) is 5.91 Å². The van der Waals surface area contributed by atoms with Gasteiger partial charge in [0.25, 0.3) is 0 Å². The number of likely N-dealkylation sites (tertiary alicyclic amines) is 1. The minimum absolute atomic E-state index is 0.244. The van der Waals surface area contributed by atoms with Crippen LogP contribution in [0.2, 0.25) is 0 Å². The van der Waals surface area contributed by atoms with Crippen molar-refractivity contribution in [2.24, 2.45) is 5.92 Å². The van der Waals surface area contributed by atoms with Gasteiger partial charge in [0.2, 0.25) is 5.91 Å². The zero-order valence-electron chi connectivity index (χ0n) is 14.3. The Morgan fingerprint density at radius 1 is 1.32 bits per heavy atom. The summed E-state index contributed by atoms with van der Waals surface area (Å²) in [7, 11) is 0. The highest BCUT2D eigenvalue weighted by Gasteiger charge is 2.21. The summed E-state index contributed by atoms with van der Waals surface area (Å²) in [4.78, 5) is 14.5. The van der Waals surface area contributed by atoms with Gasteiger partial charge in [0.15, 0.2) is 0 Å². The third-order valence-corrected chi connectivity index (χ3v) is 4.75. The quantitative estimate of drug-likeness (QED) is 0.711. The van der Waals surface area contributed by atoms with E-state index in [1.807, 2.05) is 0 Å². The smallest absolute Gasteiger partial charge is 0.220 e. The fourth-order valence-electron chi connectivity index (χ4n) is 3.31. The molecule has 2 aliphatic heterocycles. The standard InChI is InChI=1S/C17H33N3O2/c1-14(2)22-12-11-20-9-6-16(7-10-20)19-17(21)4-3-15-5-8-18-13-15/h14-16,18H,3-13H2,1-2H3,(H,19,21). The number of carbonyl (C=O) groups excluding carboxylic acids is 1. The molecule has 2 saturated heterocycles. The van der Waals surface area contributed by atoms with Crippen LogP contribution in [0.25, 0.3) is 0 Å². The van der Waals surface area contributed by atoms with Crippen LogP contribution in [0.4, 0.5) is 0 Å². The lowest BCUT2D eigenvalue weighted by molar-refractivity contribution is -0.122. The molecule has 2 aliphatic rings. The molecule has 2 heterocycles. The van der Waals surface area contributed by atoms with Crippen LogP contribution in [-0.4, -0.2) is 62.3 Å². The van der Waals surface area contributed by atoms with Gasteiger partial charge in [0, 0.05) is 32.1 Å². The second-order valence-corrected chi connectivity index (χ2v) is 7.00. The van der Waals surface area contributed by atoms with Crippen molar-refractivity contribution in [1.82, 2.24) is 15.5 Å². The Morgan fingerprint density at radius 3 is 2.73 bits per heavy atom. The van der Waals surface area contributed by atoms with Crippen LogP contribution < -0.4 is 10.6 Å². The largest absolute Gasteiger partial charge is 0.377 e. The van der Waals surface area contributed by atoms with Gasteiger partial charge < -0.3 is 20.3 Å². The molecule has 2 fully saturated rings. The molecule has 1 atom stereocenters. The van der Waals surface area contributed by atoms with E-state index in [9.17, 15) is 4.79 Å². The molecule has 0 aromatic heterocycles. The summed E-state index contributed by atoms with van der Waals surface area (Å²) in [6.45, 7) is 10.3. The maximum absolute atomic E-state index is 12.0. The second-order valence-electron chi connectivity index (χ2n) is 7.00. The SMILES string of the molecule is CC(C)OCCN1CCC(NC(=O)CCC2CCNC2)CC1. The molecule has 1 unspecified atom stereocenters. The molecular weight excluding hydrogens is 278 g/mol. The van der Waals surface area contributed by atoms with Gasteiger partial charge in [-0.1, -0.05) is 0 Å². The zero-order valence-corrected chi connectivity index (χ0v) is 14.3. The summed E-state index contributed by atoms with van der Waals surface area (Å²) in [5.41, 5.74) is 0. The molecule has 0 spiro atoms. The number of nitrogens with zero attached hydrogens (tertiary/aromatic N) is 1. The van der Waals surface area contributed by atoms with Gasteiger partial charge in [0.05, 0.1) is 12.7 Å². The van der Waals surface area contributed by atoms with Gasteiger partial charge >= 0.3 is 0 Å². The summed E-state index contributed by atoms with van der Waals surface area (Å²) < 4.78 is 5.60. The highest BCUT2D eigenvalue weighted by molar-refractivity contribution is 5.76. The van der Waals surface area contributed by atoms with Crippen molar-refractivity contribution >= 4 is 5.91 Å². The predicted molar refractivity (Wildman–Crippen MR) is 88.9 cm³/mol. The van der Waals surface area contributed by atoms with Gasteiger partial charge in [-0.3, -0.25) is 4.79 Å². The molecule has 22 heavy (non-hydrogen) atoms. The Morgan fingerprint density at radius 2 is 2.09 bits per heavy atom. The topological polar surface area (TPSA) is 53.6 Å². The van der Waals surface area contributed by atoms with Gasteiger partial charge in [0.1, 0.15) is 0 Å². The molecule has 0 aromatic carbocycles. The molecule has 0 bridgehead atoms. The number of nitrogens with one attached hydrogen (secondary N) is 2. The molecule has 5 heteroatoms. The third kappa shape index (κ3) is 6.63. The van der Waals surface area contributed by atoms with E-state index in [4.69, 9.17) is 4.74 Å². The molecule has 128 valence electrons. The number of carbonyl (C=O) groups is 1. The normalized spacial score (nSPS) is 24.0. The lowest BCUT2D eigenvalue weighted by Crippen LogP contribution is -2.45. The fourth-order valence-corrected chi connectivity index (χ4v) is 3.31. The van der Waals surface area contributed by atoms with E-state index in [1.54, 1.807) is 0 Å². The lowest BCUT2D eigenvalue weighted by Gasteiger charge is -2.32. The maximum Gasteiger partial charge on any atom is 0.220 e. The van der Waals surface area contributed by atoms with E-state index in [2.05, 4.69) is 29.4 Å². The van der Waals surface area contributed by atoms with Gasteiger partial charge in [-0.2, -0.15) is 0 Å². The highest BCUT2D eigenvalue weighted by atomic mass is 16.5. The third-order valence-electron chi connectivity index (χ3n) is 4.75. The molecule has 0 aliphatic carbocycles. The first kappa shape index (κ1) is 17.7. The minimum Gasteiger partial charge on any atom is -0.377 e. The van der Waals surface area contributed by atoms with E-state index < -0.39 is 0 Å². The van der Waals surface area contributed by atoms with E-state index in [0.29, 0.717) is 24.5 Å². The first-order valence-electron chi connectivity index (χ1n) is 8.97. The number of ether oxygens (including phenoxy) is 1. The molecule has 0 saturated carbocycles. The molecule has 2 N–H and O–H groups in total. The molecule has 2 rings (SSSR count). The molecule has 0 aromatic rings. The number of hydrogen-bond acceptors (Lipinski definition) is 4. The van der Waals surface area contributed by atoms with Crippen LogP contribution in [-0.2, 0) is 9.53 Å². The first-order valence-corrected chi connectivity index (χ1v) is 8.97. The highest BCUT2D eigenvalue weighted by Crippen LogP contribution is 2.15. The maximum atomic E-state index is 12.0. The van der Waals surface area contributed by atoms with Crippen molar-refractivity contribution in [3.05, 3.63) is 0 Å². The van der Waals surface area contributed by atoms with Crippen LogP contribution in [0, 0.1) is 5.92 Å². The summed E-state index contributed by atoms with van der Waals surface area (Å²) in [5.74, 6) is 0.946. The average Bonchev–Trinajstić information content (AvgIpc) is 3.00. The first-order chi connectivity index (χ1) is 10.6. The van der Waals surface area contributed by atoms with Crippen molar-refractivity contribution in [1.29, 1.82) is 0 Å². The van der Waals surface area contributed by atoms with Crippen LogP contribution in [0.5, 0.6) is 0 Å². The summed E-state index contributed by atoms with van der Waals surface area (Å²) in [6, 6.07) is 0.372. The molecular formula is C17H33N3O2.